The first-order chi connectivity index (χ1) is 19.4. The molecule has 3 unspecified atom stereocenters. The molecule has 0 aromatic heterocycles. The third-order valence-electron chi connectivity index (χ3n) is 8.29. The van der Waals surface area contributed by atoms with Crippen molar-refractivity contribution in [2.75, 3.05) is 31.2 Å². The molecule has 40 heavy (non-hydrogen) atoms. The number of rotatable bonds is 12. The molecular formula is C31H35BrN2O6. The number of likely N-dealkylation sites (tertiary alicyclic amines) is 1. The number of hydrogen-bond acceptors (Lipinski definition) is 6. The lowest BCUT2D eigenvalue weighted by molar-refractivity contribution is -0.154. The fourth-order valence-electron chi connectivity index (χ4n) is 6.60. The third kappa shape index (κ3) is 4.78. The van der Waals surface area contributed by atoms with Gasteiger partial charge >= 0.3 is 5.97 Å². The van der Waals surface area contributed by atoms with Gasteiger partial charge in [0.25, 0.3) is 5.91 Å². The van der Waals surface area contributed by atoms with Gasteiger partial charge in [-0.05, 0) is 48.6 Å². The fraction of sp³-hybridized carbons (Fsp3) is 0.452. The fourth-order valence-corrected chi connectivity index (χ4v) is 7.54. The van der Waals surface area contributed by atoms with E-state index in [2.05, 4.69) is 29.1 Å². The van der Waals surface area contributed by atoms with Gasteiger partial charge in [0.1, 0.15) is 11.6 Å². The second-order valence-corrected chi connectivity index (χ2v) is 11.8. The molecule has 0 radical (unpaired) electrons. The monoisotopic (exact) mass is 610 g/mol. The van der Waals surface area contributed by atoms with Gasteiger partial charge in [-0.15, -0.1) is 13.2 Å². The smallest absolute Gasteiger partial charge is 0.312 e. The van der Waals surface area contributed by atoms with Crippen LogP contribution in [0.2, 0.25) is 0 Å². The molecule has 2 bridgehead atoms. The number of amides is 2. The van der Waals surface area contributed by atoms with Crippen LogP contribution in [0.15, 0.2) is 67.8 Å². The van der Waals surface area contributed by atoms with Crippen LogP contribution in [0.5, 0.6) is 0 Å². The molecule has 9 heteroatoms. The number of halogens is 1. The summed E-state index contributed by atoms with van der Waals surface area (Å²) in [6, 6.07) is 12.8. The normalized spacial score (nSPS) is 28.5. The van der Waals surface area contributed by atoms with Gasteiger partial charge in [-0.1, -0.05) is 58.4 Å². The summed E-state index contributed by atoms with van der Waals surface area (Å²) in [7, 11) is 0. The van der Waals surface area contributed by atoms with E-state index in [9.17, 15) is 19.5 Å². The number of aliphatic hydroxyl groups excluding tert-OH is 1. The zero-order chi connectivity index (χ0) is 28.4. The Labute approximate surface area is 242 Å². The van der Waals surface area contributed by atoms with E-state index in [1.165, 1.54) is 0 Å². The highest BCUT2D eigenvalue weighted by atomic mass is 79.9. The first-order valence-electron chi connectivity index (χ1n) is 13.8. The molecule has 5 rings (SSSR count). The lowest BCUT2D eigenvalue weighted by Gasteiger charge is -2.37. The molecule has 3 fully saturated rings. The highest BCUT2D eigenvalue weighted by Crippen LogP contribution is 2.60. The summed E-state index contributed by atoms with van der Waals surface area (Å²) in [6.45, 7) is 8.20. The number of aliphatic hydroxyl groups is 1. The number of esters is 1. The topological polar surface area (TPSA) is 96.4 Å². The van der Waals surface area contributed by atoms with E-state index >= 15 is 0 Å². The van der Waals surface area contributed by atoms with Crippen molar-refractivity contribution in [3.63, 3.8) is 0 Å². The maximum atomic E-state index is 14.6. The van der Waals surface area contributed by atoms with Gasteiger partial charge in [0.15, 0.2) is 0 Å². The van der Waals surface area contributed by atoms with E-state index in [0.29, 0.717) is 31.4 Å². The minimum absolute atomic E-state index is 0.0187. The Morgan fingerprint density at radius 3 is 2.67 bits per heavy atom. The van der Waals surface area contributed by atoms with Crippen LogP contribution in [0.4, 0.5) is 5.69 Å². The highest BCUT2D eigenvalue weighted by Gasteiger charge is 2.77. The molecule has 3 saturated heterocycles. The average Bonchev–Trinajstić information content (AvgIpc) is 3.54. The Bertz CT molecular complexity index is 1320. The number of anilines is 1. The minimum atomic E-state index is -1.18. The zero-order valence-electron chi connectivity index (χ0n) is 22.4. The van der Waals surface area contributed by atoms with Gasteiger partial charge < -0.3 is 24.4 Å². The molecule has 0 aliphatic carbocycles. The Kier molecular flexibility index (Phi) is 8.44. The van der Waals surface area contributed by atoms with Crippen molar-refractivity contribution >= 4 is 50.2 Å². The number of alkyl halides is 1. The quantitative estimate of drug-likeness (QED) is 0.169. The van der Waals surface area contributed by atoms with Crippen LogP contribution >= 0.6 is 15.9 Å². The second-order valence-electron chi connectivity index (χ2n) is 10.6. The largest absolute Gasteiger partial charge is 0.465 e. The Balaban J connectivity index is 1.54. The van der Waals surface area contributed by atoms with Crippen molar-refractivity contribution in [3.8, 4) is 0 Å². The van der Waals surface area contributed by atoms with Crippen molar-refractivity contribution in [1.29, 1.82) is 0 Å². The predicted molar refractivity (Wildman–Crippen MR) is 156 cm³/mol. The second kappa shape index (κ2) is 11.8. The van der Waals surface area contributed by atoms with E-state index in [1.54, 1.807) is 22.0 Å². The summed E-state index contributed by atoms with van der Waals surface area (Å²) >= 11 is 3.68. The average molecular weight is 612 g/mol. The molecule has 2 aromatic carbocycles. The molecule has 2 aromatic rings. The molecule has 1 N–H and O–H groups in total. The molecule has 3 heterocycles. The Morgan fingerprint density at radius 1 is 1.18 bits per heavy atom. The first-order valence-corrected chi connectivity index (χ1v) is 14.7. The Morgan fingerprint density at radius 2 is 1.95 bits per heavy atom. The van der Waals surface area contributed by atoms with Crippen molar-refractivity contribution in [1.82, 2.24) is 4.90 Å². The van der Waals surface area contributed by atoms with Gasteiger partial charge in [-0.3, -0.25) is 14.4 Å². The minimum Gasteiger partial charge on any atom is -0.465 e. The molecule has 2 amide bonds. The first kappa shape index (κ1) is 28.5. The molecule has 8 nitrogen and oxygen atoms in total. The molecular weight excluding hydrogens is 576 g/mol. The van der Waals surface area contributed by atoms with Crippen LogP contribution in [0.3, 0.4) is 0 Å². The van der Waals surface area contributed by atoms with Gasteiger partial charge in [0, 0.05) is 30.2 Å². The SMILES string of the molecule is C=CCCOC(=O)[C@H]1[C@H]2C(=O)N(CCCCO)C(C(=O)N(CC=C)c3ccc4ccccc4c3)C23CC(Br)[C@@H]1O3. The van der Waals surface area contributed by atoms with Crippen molar-refractivity contribution in [3.05, 3.63) is 67.8 Å². The van der Waals surface area contributed by atoms with E-state index in [4.69, 9.17) is 9.47 Å². The van der Waals surface area contributed by atoms with Crippen LogP contribution in [0.25, 0.3) is 10.8 Å². The van der Waals surface area contributed by atoms with Gasteiger partial charge in [0.05, 0.1) is 24.5 Å². The summed E-state index contributed by atoms with van der Waals surface area (Å²) in [5, 5.41) is 11.4. The zero-order valence-corrected chi connectivity index (χ0v) is 24.0. The molecule has 3 aliphatic heterocycles. The van der Waals surface area contributed by atoms with E-state index < -0.39 is 35.6 Å². The van der Waals surface area contributed by atoms with Crippen molar-refractivity contribution in [2.45, 2.75) is 48.3 Å². The summed E-state index contributed by atoms with van der Waals surface area (Å²) in [5.41, 5.74) is -0.487. The number of nitrogens with zero attached hydrogens (tertiary/aromatic N) is 2. The molecule has 1 spiro atoms. The summed E-state index contributed by atoms with van der Waals surface area (Å²) in [5.74, 6) is -2.69. The van der Waals surface area contributed by atoms with Gasteiger partial charge in [-0.25, -0.2) is 0 Å². The number of hydrogen-bond donors (Lipinski definition) is 1. The highest BCUT2D eigenvalue weighted by molar-refractivity contribution is 9.09. The molecule has 3 aliphatic rings. The van der Waals surface area contributed by atoms with Crippen LogP contribution in [-0.2, 0) is 23.9 Å². The number of fused-ring (bicyclic) bond motifs is 2. The van der Waals surface area contributed by atoms with E-state index in [1.807, 2.05) is 42.5 Å². The number of carbonyl (C=O) groups excluding carboxylic acids is 3. The molecule has 212 valence electrons. The van der Waals surface area contributed by atoms with Crippen molar-refractivity contribution < 1.29 is 29.0 Å². The van der Waals surface area contributed by atoms with Gasteiger partial charge in [-0.2, -0.15) is 0 Å². The van der Waals surface area contributed by atoms with E-state index in [0.717, 1.165) is 10.8 Å². The number of unbranched alkanes of at least 4 members (excludes halogenated alkanes) is 1. The van der Waals surface area contributed by atoms with Crippen LogP contribution in [0.1, 0.15) is 25.7 Å². The van der Waals surface area contributed by atoms with Crippen molar-refractivity contribution in [2.24, 2.45) is 11.8 Å². The van der Waals surface area contributed by atoms with Crippen LogP contribution in [0, 0.1) is 11.8 Å². The lowest BCUT2D eigenvalue weighted by Crippen LogP contribution is -2.57. The Hall–Kier alpha value is -3.01. The number of benzene rings is 2. The number of carbonyl (C=O) groups is 3. The van der Waals surface area contributed by atoms with E-state index in [-0.39, 0.29) is 42.9 Å². The van der Waals surface area contributed by atoms with Gasteiger partial charge in [0.2, 0.25) is 5.91 Å². The summed E-state index contributed by atoms with van der Waals surface area (Å²) in [4.78, 5) is 45.0. The third-order valence-corrected chi connectivity index (χ3v) is 9.14. The molecule has 6 atom stereocenters. The standard InChI is InChI=1S/C31H35BrN2O6/c1-3-5-17-39-30(38)24-25-28(36)34(15-8-9-16-35)27(31(25)19-23(32)26(24)40-31)29(37)33(14-4-2)22-13-12-20-10-6-7-11-21(20)18-22/h3-4,6-7,10-13,18,23-27,35H,1-2,5,8-9,14-17,19H2/t23?,24-,25-,26-,27?,31?/m0/s1. The maximum Gasteiger partial charge on any atom is 0.312 e. The predicted octanol–water partition coefficient (Wildman–Crippen LogP) is 4.00. The lowest BCUT2D eigenvalue weighted by atomic mass is 9.70. The molecule has 0 saturated carbocycles. The van der Waals surface area contributed by atoms with Crippen LogP contribution < -0.4 is 4.90 Å². The van der Waals surface area contributed by atoms with Crippen LogP contribution in [-0.4, -0.2) is 76.7 Å². The summed E-state index contributed by atoms with van der Waals surface area (Å²) in [6.07, 6.45) is 4.67. The maximum absolute atomic E-state index is 14.6. The number of ether oxygens (including phenoxy) is 2. The summed E-state index contributed by atoms with van der Waals surface area (Å²) < 4.78 is 12.1.